The maximum Gasteiger partial charge on any atom is 0.235 e. The Bertz CT molecular complexity index is 570. The minimum absolute atomic E-state index is 0.0901. The molecule has 0 aliphatic heterocycles. The van der Waals surface area contributed by atoms with Gasteiger partial charge in [-0.3, -0.25) is 4.79 Å². The van der Waals surface area contributed by atoms with E-state index in [0.717, 1.165) is 0 Å². The highest BCUT2D eigenvalue weighted by atomic mass is 35.5. The maximum atomic E-state index is 12.0. The number of hydrogen-bond donors (Lipinski definition) is 1. The molecule has 22 heavy (non-hydrogen) atoms. The number of amides is 1. The summed E-state index contributed by atoms with van der Waals surface area (Å²) >= 11 is 5.71. The molecule has 0 unspecified atom stereocenters. The van der Waals surface area contributed by atoms with Crippen LogP contribution in [0.2, 0.25) is 5.02 Å². The van der Waals surface area contributed by atoms with Gasteiger partial charge < -0.3 is 10.1 Å². The molecule has 1 N–H and O–H groups in total. The first-order valence-electron chi connectivity index (χ1n) is 7.14. The van der Waals surface area contributed by atoms with Crippen LogP contribution in [-0.4, -0.2) is 39.8 Å². The van der Waals surface area contributed by atoms with Crippen molar-refractivity contribution in [2.45, 2.75) is 25.2 Å². The zero-order valence-electron chi connectivity index (χ0n) is 12.8. The van der Waals surface area contributed by atoms with Crippen LogP contribution >= 0.6 is 11.6 Å². The van der Waals surface area contributed by atoms with Crippen molar-refractivity contribution < 1.29 is 17.9 Å². The number of nitrogens with one attached hydrogen (secondary N) is 1. The summed E-state index contributed by atoms with van der Waals surface area (Å²) in [5, 5.41) is 3.03. The molecule has 0 fully saturated rings. The van der Waals surface area contributed by atoms with Crippen LogP contribution in [0, 0.1) is 5.92 Å². The fourth-order valence-electron chi connectivity index (χ4n) is 1.67. The second-order valence-electron chi connectivity index (χ2n) is 5.39. The molecule has 0 aromatic heterocycles. The summed E-state index contributed by atoms with van der Waals surface area (Å²) in [7, 11) is -3.64. The molecule has 1 rings (SSSR count). The van der Waals surface area contributed by atoms with E-state index in [1.165, 1.54) is 24.3 Å². The predicted octanol–water partition coefficient (Wildman–Crippen LogP) is 2.29. The number of halogens is 1. The van der Waals surface area contributed by atoms with Gasteiger partial charge >= 0.3 is 0 Å². The SMILES string of the molecule is CC(C)COCCCNC(=O)CS(=O)(=O)c1ccc(Cl)cc1. The maximum absolute atomic E-state index is 12.0. The predicted molar refractivity (Wildman–Crippen MR) is 86.8 cm³/mol. The van der Waals surface area contributed by atoms with Crippen LogP contribution in [-0.2, 0) is 19.4 Å². The van der Waals surface area contributed by atoms with Gasteiger partial charge in [0, 0.05) is 24.8 Å². The van der Waals surface area contributed by atoms with E-state index in [9.17, 15) is 13.2 Å². The van der Waals surface area contributed by atoms with Crippen molar-refractivity contribution in [3.8, 4) is 0 Å². The van der Waals surface area contributed by atoms with Crippen LogP contribution in [0.25, 0.3) is 0 Å². The Balaban J connectivity index is 2.33. The molecule has 1 amide bonds. The van der Waals surface area contributed by atoms with Crippen molar-refractivity contribution in [2.24, 2.45) is 5.92 Å². The fourth-order valence-corrected chi connectivity index (χ4v) is 2.96. The van der Waals surface area contributed by atoms with Gasteiger partial charge in [0.15, 0.2) is 9.84 Å². The van der Waals surface area contributed by atoms with E-state index in [-0.39, 0.29) is 4.90 Å². The van der Waals surface area contributed by atoms with Crippen LogP contribution < -0.4 is 5.32 Å². The number of carbonyl (C=O) groups is 1. The van der Waals surface area contributed by atoms with Gasteiger partial charge in [0.05, 0.1) is 4.90 Å². The number of carbonyl (C=O) groups excluding carboxylic acids is 1. The second-order valence-corrected chi connectivity index (χ2v) is 7.81. The lowest BCUT2D eigenvalue weighted by atomic mass is 10.2. The molecule has 0 aliphatic rings. The molecule has 1 aromatic rings. The van der Waals surface area contributed by atoms with Gasteiger partial charge in [-0.15, -0.1) is 0 Å². The molecule has 5 nitrogen and oxygen atoms in total. The minimum Gasteiger partial charge on any atom is -0.381 e. The van der Waals surface area contributed by atoms with Crippen LogP contribution in [0.4, 0.5) is 0 Å². The van der Waals surface area contributed by atoms with Crippen molar-refractivity contribution in [2.75, 3.05) is 25.5 Å². The van der Waals surface area contributed by atoms with E-state index >= 15 is 0 Å². The lowest BCUT2D eigenvalue weighted by Gasteiger charge is -2.08. The molecule has 124 valence electrons. The third kappa shape index (κ3) is 7.24. The van der Waals surface area contributed by atoms with E-state index < -0.39 is 21.5 Å². The molecule has 0 bridgehead atoms. The standard InChI is InChI=1S/C15H22ClNO4S/c1-12(2)10-21-9-3-8-17-15(18)11-22(19,20)14-6-4-13(16)5-7-14/h4-7,12H,3,8-11H2,1-2H3,(H,17,18). The minimum atomic E-state index is -3.64. The van der Waals surface area contributed by atoms with E-state index in [2.05, 4.69) is 19.2 Å². The smallest absolute Gasteiger partial charge is 0.235 e. The Morgan fingerprint density at radius 2 is 1.91 bits per heavy atom. The fraction of sp³-hybridized carbons (Fsp3) is 0.533. The van der Waals surface area contributed by atoms with Crippen molar-refractivity contribution >= 4 is 27.3 Å². The summed E-state index contributed by atoms with van der Waals surface area (Å²) in [6.07, 6.45) is 0.652. The number of rotatable bonds is 9. The molecule has 0 atom stereocenters. The van der Waals surface area contributed by atoms with Gasteiger partial charge in [-0.1, -0.05) is 25.4 Å². The largest absolute Gasteiger partial charge is 0.381 e. The average Bonchev–Trinajstić information content (AvgIpc) is 2.42. The van der Waals surface area contributed by atoms with Gasteiger partial charge in [0.25, 0.3) is 0 Å². The highest BCUT2D eigenvalue weighted by Gasteiger charge is 2.18. The van der Waals surface area contributed by atoms with Gasteiger partial charge in [-0.05, 0) is 36.6 Å². The van der Waals surface area contributed by atoms with Crippen LogP contribution in [0.1, 0.15) is 20.3 Å². The first-order valence-corrected chi connectivity index (χ1v) is 9.17. The zero-order chi connectivity index (χ0) is 16.6. The third-order valence-corrected chi connectivity index (χ3v) is 4.62. The van der Waals surface area contributed by atoms with Crippen LogP contribution in [0.5, 0.6) is 0 Å². The number of hydrogen-bond acceptors (Lipinski definition) is 4. The summed E-state index contributed by atoms with van der Waals surface area (Å²) in [5.41, 5.74) is 0. The Labute approximate surface area is 136 Å². The Hall–Kier alpha value is -1.11. The van der Waals surface area contributed by atoms with Crippen molar-refractivity contribution in [1.29, 1.82) is 0 Å². The molecule has 0 saturated heterocycles. The molecule has 0 aliphatic carbocycles. The zero-order valence-corrected chi connectivity index (χ0v) is 14.4. The van der Waals surface area contributed by atoms with E-state index in [1.807, 2.05) is 0 Å². The molecule has 0 radical (unpaired) electrons. The number of sulfone groups is 1. The Kier molecular flexibility index (Phi) is 7.85. The van der Waals surface area contributed by atoms with Gasteiger partial charge in [0.2, 0.25) is 5.91 Å². The summed E-state index contributed by atoms with van der Waals surface area (Å²) in [5.74, 6) is -0.612. The highest BCUT2D eigenvalue weighted by molar-refractivity contribution is 7.92. The van der Waals surface area contributed by atoms with Crippen molar-refractivity contribution in [1.82, 2.24) is 5.32 Å². The molecular weight excluding hydrogens is 326 g/mol. The van der Waals surface area contributed by atoms with E-state index in [0.29, 0.717) is 37.1 Å². The Morgan fingerprint density at radius 1 is 1.27 bits per heavy atom. The second kappa shape index (κ2) is 9.12. The summed E-state index contributed by atoms with van der Waals surface area (Å²) in [6.45, 7) is 5.74. The van der Waals surface area contributed by atoms with Crippen LogP contribution in [0.15, 0.2) is 29.2 Å². The summed E-state index contributed by atoms with van der Waals surface area (Å²) in [6, 6.07) is 5.76. The summed E-state index contributed by atoms with van der Waals surface area (Å²) < 4.78 is 29.4. The molecular formula is C15H22ClNO4S. The normalized spacial score (nSPS) is 11.6. The van der Waals surface area contributed by atoms with Crippen molar-refractivity contribution in [3.63, 3.8) is 0 Å². The molecule has 0 heterocycles. The first kappa shape index (κ1) is 18.9. The topological polar surface area (TPSA) is 72.5 Å². The van der Waals surface area contributed by atoms with Crippen LogP contribution in [0.3, 0.4) is 0 Å². The average molecular weight is 348 g/mol. The molecule has 7 heteroatoms. The molecule has 1 aromatic carbocycles. The first-order chi connectivity index (χ1) is 10.3. The van der Waals surface area contributed by atoms with Gasteiger partial charge in [-0.25, -0.2) is 8.42 Å². The Morgan fingerprint density at radius 3 is 2.50 bits per heavy atom. The lowest BCUT2D eigenvalue weighted by Crippen LogP contribution is -2.31. The van der Waals surface area contributed by atoms with Gasteiger partial charge in [0.1, 0.15) is 5.75 Å². The molecule has 0 spiro atoms. The third-order valence-electron chi connectivity index (χ3n) is 2.73. The summed E-state index contributed by atoms with van der Waals surface area (Å²) in [4.78, 5) is 11.8. The van der Waals surface area contributed by atoms with Crippen molar-refractivity contribution in [3.05, 3.63) is 29.3 Å². The monoisotopic (exact) mass is 347 g/mol. The van der Waals surface area contributed by atoms with E-state index in [1.54, 1.807) is 0 Å². The lowest BCUT2D eigenvalue weighted by molar-refractivity contribution is -0.118. The number of ether oxygens (including phenoxy) is 1. The number of benzene rings is 1. The highest BCUT2D eigenvalue weighted by Crippen LogP contribution is 2.15. The van der Waals surface area contributed by atoms with Gasteiger partial charge in [-0.2, -0.15) is 0 Å². The quantitative estimate of drug-likeness (QED) is 0.696. The molecule has 0 saturated carbocycles. The van der Waals surface area contributed by atoms with E-state index in [4.69, 9.17) is 16.3 Å².